The third-order valence-electron chi connectivity index (χ3n) is 2.49. The van der Waals surface area contributed by atoms with E-state index in [9.17, 15) is 4.79 Å². The minimum atomic E-state index is -0.177. The van der Waals surface area contributed by atoms with Gasteiger partial charge in [-0.15, -0.1) is 0 Å². The highest BCUT2D eigenvalue weighted by Crippen LogP contribution is 2.26. The Balaban J connectivity index is 2.46. The SMILES string of the molecule is C=CC(=O)N(c1ccccc1)c1ccc(Cl)cc1. The zero-order chi connectivity index (χ0) is 13.0. The molecule has 0 unspecified atom stereocenters. The lowest BCUT2D eigenvalue weighted by Crippen LogP contribution is -2.23. The Labute approximate surface area is 111 Å². The van der Waals surface area contributed by atoms with Crippen LogP contribution in [0.25, 0.3) is 0 Å². The molecule has 1 amide bonds. The van der Waals surface area contributed by atoms with Crippen LogP contribution in [0.5, 0.6) is 0 Å². The maximum Gasteiger partial charge on any atom is 0.254 e. The molecule has 0 aliphatic heterocycles. The van der Waals surface area contributed by atoms with Crippen molar-refractivity contribution in [1.29, 1.82) is 0 Å². The van der Waals surface area contributed by atoms with E-state index in [1.807, 2.05) is 30.3 Å². The number of rotatable bonds is 3. The van der Waals surface area contributed by atoms with Crippen molar-refractivity contribution in [1.82, 2.24) is 0 Å². The number of hydrogen-bond donors (Lipinski definition) is 0. The molecular formula is C15H12ClNO. The van der Waals surface area contributed by atoms with Crippen molar-refractivity contribution in [2.45, 2.75) is 0 Å². The zero-order valence-electron chi connectivity index (χ0n) is 9.71. The van der Waals surface area contributed by atoms with Gasteiger partial charge in [0.05, 0.1) is 0 Å². The number of para-hydroxylation sites is 1. The Morgan fingerprint density at radius 2 is 1.56 bits per heavy atom. The molecule has 3 heteroatoms. The first-order valence-corrected chi connectivity index (χ1v) is 5.87. The highest BCUT2D eigenvalue weighted by molar-refractivity contribution is 6.30. The highest BCUT2D eigenvalue weighted by Gasteiger charge is 2.14. The highest BCUT2D eigenvalue weighted by atomic mass is 35.5. The second kappa shape index (κ2) is 5.52. The monoisotopic (exact) mass is 257 g/mol. The lowest BCUT2D eigenvalue weighted by atomic mass is 10.2. The van der Waals surface area contributed by atoms with E-state index in [-0.39, 0.29) is 5.91 Å². The second-order valence-corrected chi connectivity index (χ2v) is 4.13. The summed E-state index contributed by atoms with van der Waals surface area (Å²) < 4.78 is 0. The van der Waals surface area contributed by atoms with E-state index in [0.29, 0.717) is 5.02 Å². The van der Waals surface area contributed by atoms with Crippen molar-refractivity contribution >= 4 is 28.9 Å². The molecule has 2 rings (SSSR count). The Hall–Kier alpha value is -2.06. The summed E-state index contributed by atoms with van der Waals surface area (Å²) >= 11 is 5.85. The fourth-order valence-electron chi connectivity index (χ4n) is 1.66. The summed E-state index contributed by atoms with van der Waals surface area (Å²) in [5, 5.41) is 0.637. The largest absolute Gasteiger partial charge is 0.278 e. The summed E-state index contributed by atoms with van der Waals surface area (Å²) in [6, 6.07) is 16.5. The Morgan fingerprint density at radius 3 is 2.11 bits per heavy atom. The van der Waals surface area contributed by atoms with Crippen LogP contribution in [0.1, 0.15) is 0 Å². The third kappa shape index (κ3) is 2.60. The van der Waals surface area contributed by atoms with Crippen LogP contribution in [-0.2, 0) is 4.79 Å². The second-order valence-electron chi connectivity index (χ2n) is 3.69. The summed E-state index contributed by atoms with van der Waals surface area (Å²) in [6.07, 6.45) is 1.29. The Kier molecular flexibility index (Phi) is 3.80. The van der Waals surface area contributed by atoms with E-state index in [1.54, 1.807) is 29.2 Å². The van der Waals surface area contributed by atoms with Crippen LogP contribution in [0.2, 0.25) is 5.02 Å². The first-order valence-electron chi connectivity index (χ1n) is 5.49. The van der Waals surface area contributed by atoms with Gasteiger partial charge in [0.1, 0.15) is 0 Å². The van der Waals surface area contributed by atoms with Crippen LogP contribution >= 0.6 is 11.6 Å². The summed E-state index contributed by atoms with van der Waals surface area (Å²) in [6.45, 7) is 3.53. The Bertz CT molecular complexity index is 548. The minimum absolute atomic E-state index is 0.177. The summed E-state index contributed by atoms with van der Waals surface area (Å²) in [5.41, 5.74) is 1.56. The molecule has 2 nitrogen and oxygen atoms in total. The van der Waals surface area contributed by atoms with Gasteiger partial charge in [0, 0.05) is 16.4 Å². The molecule has 0 aliphatic rings. The van der Waals surface area contributed by atoms with Crippen molar-refractivity contribution in [3.63, 3.8) is 0 Å². The van der Waals surface area contributed by atoms with E-state index in [1.165, 1.54) is 6.08 Å². The quantitative estimate of drug-likeness (QED) is 0.755. The van der Waals surface area contributed by atoms with Crippen LogP contribution < -0.4 is 4.90 Å². The topological polar surface area (TPSA) is 20.3 Å². The van der Waals surface area contributed by atoms with Gasteiger partial charge in [-0.1, -0.05) is 36.4 Å². The number of anilines is 2. The first-order chi connectivity index (χ1) is 8.72. The minimum Gasteiger partial charge on any atom is -0.278 e. The normalized spacial score (nSPS) is 9.83. The fourth-order valence-corrected chi connectivity index (χ4v) is 1.79. The molecule has 0 N–H and O–H groups in total. The molecular weight excluding hydrogens is 246 g/mol. The van der Waals surface area contributed by atoms with Gasteiger partial charge in [-0.2, -0.15) is 0 Å². The fraction of sp³-hybridized carbons (Fsp3) is 0. The smallest absolute Gasteiger partial charge is 0.254 e. The lowest BCUT2D eigenvalue weighted by Gasteiger charge is -2.21. The van der Waals surface area contributed by atoms with Crippen molar-refractivity contribution in [3.05, 3.63) is 72.3 Å². The van der Waals surface area contributed by atoms with Crippen molar-refractivity contribution in [3.8, 4) is 0 Å². The van der Waals surface area contributed by atoms with Crippen LogP contribution in [0.15, 0.2) is 67.3 Å². The van der Waals surface area contributed by atoms with Crippen LogP contribution in [0, 0.1) is 0 Å². The molecule has 0 spiro atoms. The lowest BCUT2D eigenvalue weighted by molar-refractivity contribution is -0.113. The summed E-state index contributed by atoms with van der Waals surface area (Å²) in [7, 11) is 0. The van der Waals surface area contributed by atoms with Gasteiger partial charge in [0.25, 0.3) is 5.91 Å². The van der Waals surface area contributed by atoms with Gasteiger partial charge in [-0.25, -0.2) is 0 Å². The van der Waals surface area contributed by atoms with Crippen LogP contribution in [0.3, 0.4) is 0 Å². The third-order valence-corrected chi connectivity index (χ3v) is 2.75. The molecule has 2 aromatic rings. The average molecular weight is 258 g/mol. The van der Waals surface area contributed by atoms with Crippen LogP contribution in [-0.4, -0.2) is 5.91 Å². The number of hydrogen-bond acceptors (Lipinski definition) is 1. The number of amides is 1. The molecule has 90 valence electrons. The van der Waals surface area contributed by atoms with Gasteiger partial charge in [-0.05, 0) is 42.5 Å². The van der Waals surface area contributed by atoms with Gasteiger partial charge < -0.3 is 0 Å². The molecule has 0 bridgehead atoms. The zero-order valence-corrected chi connectivity index (χ0v) is 10.5. The number of nitrogens with zero attached hydrogens (tertiary/aromatic N) is 1. The molecule has 0 atom stereocenters. The molecule has 0 saturated heterocycles. The van der Waals surface area contributed by atoms with E-state index in [4.69, 9.17) is 11.6 Å². The van der Waals surface area contributed by atoms with Crippen LogP contribution in [0.4, 0.5) is 11.4 Å². The van der Waals surface area contributed by atoms with Gasteiger partial charge in [-0.3, -0.25) is 9.69 Å². The summed E-state index contributed by atoms with van der Waals surface area (Å²) in [5.74, 6) is -0.177. The van der Waals surface area contributed by atoms with Gasteiger partial charge in [0.15, 0.2) is 0 Å². The molecule has 0 aliphatic carbocycles. The number of benzene rings is 2. The van der Waals surface area contributed by atoms with Gasteiger partial charge >= 0.3 is 0 Å². The molecule has 0 aromatic heterocycles. The average Bonchev–Trinajstić information content (AvgIpc) is 2.42. The van der Waals surface area contributed by atoms with Crippen molar-refractivity contribution in [2.24, 2.45) is 0 Å². The van der Waals surface area contributed by atoms with Crippen molar-refractivity contribution < 1.29 is 4.79 Å². The molecule has 2 aromatic carbocycles. The molecule has 0 radical (unpaired) electrons. The maximum absolute atomic E-state index is 12.0. The Morgan fingerprint density at radius 1 is 1.00 bits per heavy atom. The number of carbonyl (C=O) groups excluding carboxylic acids is 1. The number of halogens is 1. The molecule has 0 saturated carbocycles. The standard InChI is InChI=1S/C15H12ClNO/c1-2-15(18)17(13-6-4-3-5-7-13)14-10-8-12(16)9-11-14/h2-11H,1H2. The van der Waals surface area contributed by atoms with E-state index < -0.39 is 0 Å². The van der Waals surface area contributed by atoms with E-state index in [2.05, 4.69) is 6.58 Å². The molecule has 18 heavy (non-hydrogen) atoms. The predicted octanol–water partition coefficient (Wildman–Crippen LogP) is 4.19. The van der Waals surface area contributed by atoms with E-state index >= 15 is 0 Å². The van der Waals surface area contributed by atoms with Crippen molar-refractivity contribution in [2.75, 3.05) is 4.90 Å². The molecule has 0 fully saturated rings. The number of carbonyl (C=O) groups is 1. The summed E-state index contributed by atoms with van der Waals surface area (Å²) in [4.78, 5) is 13.6. The van der Waals surface area contributed by atoms with Gasteiger partial charge in [0.2, 0.25) is 0 Å². The molecule has 0 heterocycles. The maximum atomic E-state index is 12.0. The predicted molar refractivity (Wildman–Crippen MR) is 75.2 cm³/mol. The van der Waals surface area contributed by atoms with E-state index in [0.717, 1.165) is 11.4 Å². The first kappa shape index (κ1) is 12.4.